The lowest BCUT2D eigenvalue weighted by Gasteiger charge is -2.19. The van der Waals surface area contributed by atoms with Crippen LogP contribution in [0.5, 0.6) is 0 Å². The van der Waals surface area contributed by atoms with Crippen LogP contribution in [0, 0.1) is 5.92 Å². The SMILES string of the molecule is CC(C)N1CCC(Cc2ncc(CCO)s2)C1. The molecule has 1 atom stereocenters. The molecule has 17 heavy (non-hydrogen) atoms. The molecule has 1 N–H and O–H groups in total. The number of thiazole rings is 1. The van der Waals surface area contributed by atoms with Crippen LogP contribution >= 0.6 is 11.3 Å². The minimum atomic E-state index is 0.228. The van der Waals surface area contributed by atoms with Crippen molar-refractivity contribution in [3.63, 3.8) is 0 Å². The molecule has 96 valence electrons. The van der Waals surface area contributed by atoms with E-state index in [0.29, 0.717) is 6.04 Å². The summed E-state index contributed by atoms with van der Waals surface area (Å²) in [6, 6.07) is 0.668. The number of aliphatic hydroxyl groups is 1. The Morgan fingerprint density at radius 1 is 1.59 bits per heavy atom. The molecule has 1 unspecified atom stereocenters. The van der Waals surface area contributed by atoms with Gasteiger partial charge in [0.05, 0.1) is 5.01 Å². The second-order valence-electron chi connectivity index (χ2n) is 5.14. The predicted octanol–water partition coefficient (Wildman–Crippen LogP) is 1.95. The topological polar surface area (TPSA) is 36.4 Å². The molecule has 0 aromatic carbocycles. The Labute approximate surface area is 107 Å². The summed E-state index contributed by atoms with van der Waals surface area (Å²) in [7, 11) is 0. The van der Waals surface area contributed by atoms with E-state index in [1.165, 1.54) is 29.4 Å². The van der Waals surface area contributed by atoms with Gasteiger partial charge in [-0.1, -0.05) is 0 Å². The molecule has 1 aromatic heterocycles. The van der Waals surface area contributed by atoms with Gasteiger partial charge < -0.3 is 10.0 Å². The van der Waals surface area contributed by atoms with Crippen molar-refractivity contribution in [2.75, 3.05) is 19.7 Å². The second-order valence-corrected chi connectivity index (χ2v) is 6.34. The first-order chi connectivity index (χ1) is 8.19. The van der Waals surface area contributed by atoms with Gasteiger partial charge in [-0.25, -0.2) is 4.98 Å². The average Bonchev–Trinajstić information content (AvgIpc) is 2.89. The number of hydrogen-bond donors (Lipinski definition) is 1. The minimum absolute atomic E-state index is 0.228. The molecule has 4 heteroatoms. The Hall–Kier alpha value is -0.450. The summed E-state index contributed by atoms with van der Waals surface area (Å²) in [6.45, 7) is 7.21. The van der Waals surface area contributed by atoms with Crippen molar-refractivity contribution in [3.05, 3.63) is 16.1 Å². The maximum Gasteiger partial charge on any atom is 0.0930 e. The smallest absolute Gasteiger partial charge is 0.0930 e. The standard InChI is InChI=1S/C13H22N2OS/c1-10(2)15-5-3-11(9-15)7-13-14-8-12(17-13)4-6-16/h8,10-11,16H,3-7,9H2,1-2H3. The fourth-order valence-electron chi connectivity index (χ4n) is 2.41. The highest BCUT2D eigenvalue weighted by Crippen LogP contribution is 2.24. The Balaban J connectivity index is 1.84. The lowest BCUT2D eigenvalue weighted by molar-refractivity contribution is 0.265. The molecule has 0 radical (unpaired) electrons. The van der Waals surface area contributed by atoms with Crippen LogP contribution in [0.3, 0.4) is 0 Å². The lowest BCUT2D eigenvalue weighted by atomic mass is 10.1. The van der Waals surface area contributed by atoms with Gasteiger partial charge >= 0.3 is 0 Å². The van der Waals surface area contributed by atoms with Gasteiger partial charge in [-0.05, 0) is 32.7 Å². The van der Waals surface area contributed by atoms with Gasteiger partial charge in [0.2, 0.25) is 0 Å². The third kappa shape index (κ3) is 3.50. The first-order valence-corrected chi connectivity index (χ1v) is 7.29. The van der Waals surface area contributed by atoms with E-state index >= 15 is 0 Å². The fraction of sp³-hybridized carbons (Fsp3) is 0.769. The van der Waals surface area contributed by atoms with Crippen LogP contribution in [0.25, 0.3) is 0 Å². The molecular weight excluding hydrogens is 232 g/mol. The Bertz CT molecular complexity index is 351. The maximum absolute atomic E-state index is 8.88. The summed E-state index contributed by atoms with van der Waals surface area (Å²) in [6.07, 6.45) is 5.08. The van der Waals surface area contributed by atoms with Gasteiger partial charge in [-0.3, -0.25) is 0 Å². The van der Waals surface area contributed by atoms with E-state index in [2.05, 4.69) is 23.7 Å². The zero-order chi connectivity index (χ0) is 12.3. The van der Waals surface area contributed by atoms with Gasteiger partial charge in [0.15, 0.2) is 0 Å². The number of likely N-dealkylation sites (tertiary alicyclic amines) is 1. The third-order valence-corrected chi connectivity index (χ3v) is 4.55. The fourth-order valence-corrected chi connectivity index (χ4v) is 3.44. The molecule has 0 spiro atoms. The summed E-state index contributed by atoms with van der Waals surface area (Å²) in [4.78, 5) is 8.22. The highest BCUT2D eigenvalue weighted by atomic mass is 32.1. The van der Waals surface area contributed by atoms with Crippen molar-refractivity contribution in [2.24, 2.45) is 5.92 Å². The molecule has 2 heterocycles. The van der Waals surface area contributed by atoms with Gasteiger partial charge in [0, 0.05) is 43.1 Å². The Morgan fingerprint density at radius 2 is 2.41 bits per heavy atom. The zero-order valence-electron chi connectivity index (χ0n) is 10.7. The molecule has 3 nitrogen and oxygen atoms in total. The van der Waals surface area contributed by atoms with Crippen molar-refractivity contribution in [3.8, 4) is 0 Å². The highest BCUT2D eigenvalue weighted by molar-refractivity contribution is 7.11. The summed E-state index contributed by atoms with van der Waals surface area (Å²) in [5, 5.41) is 10.1. The molecule has 1 fully saturated rings. The number of aliphatic hydroxyl groups excluding tert-OH is 1. The summed E-state index contributed by atoms with van der Waals surface area (Å²) >= 11 is 1.76. The van der Waals surface area contributed by atoms with E-state index in [0.717, 1.165) is 18.8 Å². The molecule has 1 aromatic rings. The molecule has 0 aliphatic carbocycles. The van der Waals surface area contributed by atoms with Crippen LogP contribution in [-0.4, -0.2) is 40.7 Å². The van der Waals surface area contributed by atoms with Gasteiger partial charge in [-0.15, -0.1) is 11.3 Å². The van der Waals surface area contributed by atoms with Crippen LogP contribution in [0.15, 0.2) is 6.20 Å². The van der Waals surface area contributed by atoms with Crippen molar-refractivity contribution in [1.82, 2.24) is 9.88 Å². The highest BCUT2D eigenvalue weighted by Gasteiger charge is 2.24. The van der Waals surface area contributed by atoms with E-state index in [9.17, 15) is 0 Å². The number of hydrogen-bond acceptors (Lipinski definition) is 4. The monoisotopic (exact) mass is 254 g/mol. The van der Waals surface area contributed by atoms with E-state index in [1.54, 1.807) is 11.3 Å². The van der Waals surface area contributed by atoms with E-state index in [-0.39, 0.29) is 6.61 Å². The molecule has 2 rings (SSSR count). The first-order valence-electron chi connectivity index (χ1n) is 6.47. The quantitative estimate of drug-likeness (QED) is 0.872. The number of nitrogens with zero attached hydrogens (tertiary/aromatic N) is 2. The molecule has 1 saturated heterocycles. The van der Waals surface area contributed by atoms with Crippen LogP contribution in [0.1, 0.15) is 30.2 Å². The number of rotatable bonds is 5. The molecule has 0 amide bonds. The van der Waals surface area contributed by atoms with Crippen LogP contribution in [0.2, 0.25) is 0 Å². The van der Waals surface area contributed by atoms with E-state index in [4.69, 9.17) is 5.11 Å². The Kier molecular flexibility index (Phi) is 4.54. The zero-order valence-corrected chi connectivity index (χ0v) is 11.5. The summed E-state index contributed by atoms with van der Waals surface area (Å²) in [5.74, 6) is 0.769. The normalized spacial score (nSPS) is 21.5. The van der Waals surface area contributed by atoms with Crippen molar-refractivity contribution < 1.29 is 5.11 Å². The van der Waals surface area contributed by atoms with E-state index in [1.807, 2.05) is 6.20 Å². The number of aromatic nitrogens is 1. The predicted molar refractivity (Wildman–Crippen MR) is 71.4 cm³/mol. The van der Waals surface area contributed by atoms with Gasteiger partial charge in [0.1, 0.15) is 0 Å². The molecule has 0 saturated carbocycles. The average molecular weight is 254 g/mol. The Morgan fingerprint density at radius 3 is 3.06 bits per heavy atom. The van der Waals surface area contributed by atoms with Crippen LogP contribution < -0.4 is 0 Å². The van der Waals surface area contributed by atoms with Crippen molar-refractivity contribution in [1.29, 1.82) is 0 Å². The van der Waals surface area contributed by atoms with Crippen molar-refractivity contribution >= 4 is 11.3 Å². The second kappa shape index (κ2) is 5.94. The first kappa shape index (κ1) is 13.0. The maximum atomic E-state index is 8.88. The van der Waals surface area contributed by atoms with E-state index < -0.39 is 0 Å². The molecule has 1 aliphatic heterocycles. The summed E-state index contributed by atoms with van der Waals surface area (Å²) in [5.41, 5.74) is 0. The lowest BCUT2D eigenvalue weighted by Crippen LogP contribution is -2.28. The molecular formula is C13H22N2OS. The minimum Gasteiger partial charge on any atom is -0.396 e. The summed E-state index contributed by atoms with van der Waals surface area (Å²) < 4.78 is 0. The third-order valence-electron chi connectivity index (χ3n) is 3.47. The molecule has 0 bridgehead atoms. The molecule has 1 aliphatic rings. The largest absolute Gasteiger partial charge is 0.396 e. The van der Waals surface area contributed by atoms with Gasteiger partial charge in [0.25, 0.3) is 0 Å². The van der Waals surface area contributed by atoms with Crippen molar-refractivity contribution in [2.45, 2.75) is 39.2 Å². The van der Waals surface area contributed by atoms with Gasteiger partial charge in [-0.2, -0.15) is 0 Å². The van der Waals surface area contributed by atoms with Crippen LogP contribution in [-0.2, 0) is 12.8 Å². The van der Waals surface area contributed by atoms with Crippen LogP contribution in [0.4, 0.5) is 0 Å².